The zero-order valence-corrected chi connectivity index (χ0v) is 13.7. The van der Waals surface area contributed by atoms with Gasteiger partial charge in [-0.3, -0.25) is 4.72 Å². The van der Waals surface area contributed by atoms with Crippen molar-refractivity contribution in [1.29, 1.82) is 0 Å². The first kappa shape index (κ1) is 15.7. The van der Waals surface area contributed by atoms with Gasteiger partial charge in [0.2, 0.25) is 10.0 Å². The van der Waals surface area contributed by atoms with E-state index in [0.29, 0.717) is 21.7 Å². The van der Waals surface area contributed by atoms with Gasteiger partial charge in [0, 0.05) is 0 Å². The maximum Gasteiger partial charge on any atom is 0.232 e. The minimum atomic E-state index is -3.35. The molecule has 0 amide bonds. The van der Waals surface area contributed by atoms with E-state index in [1.54, 1.807) is 6.07 Å². The summed E-state index contributed by atoms with van der Waals surface area (Å²) >= 11 is 8.93. The number of nitrogens with zero attached hydrogens (tertiary/aromatic N) is 1. The fourth-order valence-electron chi connectivity index (χ4n) is 1.15. The van der Waals surface area contributed by atoms with Crippen LogP contribution in [0.2, 0.25) is 5.15 Å². The average Bonchev–Trinajstić information content (AvgIpc) is 2.20. The average molecular weight is 356 g/mol. The minimum absolute atomic E-state index is 0.0203. The Labute approximate surface area is 121 Å². The van der Waals surface area contributed by atoms with E-state index in [-0.39, 0.29) is 11.2 Å². The molecule has 0 aliphatic heterocycles. The molecule has 0 aliphatic carbocycles. The lowest BCUT2D eigenvalue weighted by molar-refractivity contribution is 0.397. The minimum Gasteiger partial charge on any atom is -0.282 e. The van der Waals surface area contributed by atoms with Crippen molar-refractivity contribution in [2.45, 2.75) is 27.2 Å². The van der Waals surface area contributed by atoms with Crippen molar-refractivity contribution < 1.29 is 8.42 Å². The molecule has 4 nitrogen and oxygen atoms in total. The fraction of sp³-hybridized carbons (Fsp3) is 0.545. The molecule has 102 valence electrons. The molecule has 0 fully saturated rings. The van der Waals surface area contributed by atoms with Crippen molar-refractivity contribution in [3.8, 4) is 0 Å². The largest absolute Gasteiger partial charge is 0.282 e. The van der Waals surface area contributed by atoms with Gasteiger partial charge in [0.25, 0.3) is 0 Å². The smallest absolute Gasteiger partial charge is 0.232 e. The van der Waals surface area contributed by atoms with Crippen LogP contribution in [-0.4, -0.2) is 19.2 Å². The highest BCUT2D eigenvalue weighted by Gasteiger charge is 2.17. The van der Waals surface area contributed by atoms with Crippen molar-refractivity contribution in [2.75, 3.05) is 10.5 Å². The first-order chi connectivity index (χ1) is 8.09. The highest BCUT2D eigenvalue weighted by atomic mass is 79.9. The molecule has 0 aliphatic rings. The van der Waals surface area contributed by atoms with E-state index in [2.05, 4.69) is 25.6 Å². The van der Waals surface area contributed by atoms with Crippen LogP contribution < -0.4 is 4.72 Å². The van der Waals surface area contributed by atoms with Crippen LogP contribution in [0, 0.1) is 5.41 Å². The summed E-state index contributed by atoms with van der Waals surface area (Å²) in [5.41, 5.74) is 0.383. The number of nitrogens with one attached hydrogen (secondary N) is 1. The molecule has 0 unspecified atom stereocenters. The Balaban J connectivity index is 2.74. The summed E-state index contributed by atoms with van der Waals surface area (Å²) in [6, 6.07) is 1.59. The molecule has 0 saturated carbocycles. The Morgan fingerprint density at radius 2 is 2.06 bits per heavy atom. The third-order valence-corrected chi connectivity index (χ3v) is 4.61. The van der Waals surface area contributed by atoms with Crippen LogP contribution in [0.1, 0.15) is 27.2 Å². The van der Waals surface area contributed by atoms with E-state index in [1.165, 1.54) is 6.20 Å². The van der Waals surface area contributed by atoms with Crippen molar-refractivity contribution >= 4 is 43.2 Å². The zero-order chi connectivity index (χ0) is 14.0. The van der Waals surface area contributed by atoms with E-state index in [0.717, 1.165) is 0 Å². The van der Waals surface area contributed by atoms with Gasteiger partial charge in [0.15, 0.2) is 0 Å². The van der Waals surface area contributed by atoms with Gasteiger partial charge < -0.3 is 0 Å². The molecule has 0 aromatic carbocycles. The van der Waals surface area contributed by atoms with Crippen molar-refractivity contribution in [2.24, 2.45) is 5.41 Å². The number of aromatic nitrogens is 1. The van der Waals surface area contributed by atoms with Crippen LogP contribution in [0.15, 0.2) is 16.7 Å². The first-order valence-corrected chi connectivity index (χ1v) is 8.23. The van der Waals surface area contributed by atoms with Crippen LogP contribution in [0.4, 0.5) is 5.69 Å². The van der Waals surface area contributed by atoms with Crippen LogP contribution in [0.5, 0.6) is 0 Å². The molecule has 7 heteroatoms. The second kappa shape index (κ2) is 5.75. The third kappa shape index (κ3) is 5.54. The molecule has 1 rings (SSSR count). The van der Waals surface area contributed by atoms with Gasteiger partial charge in [-0.05, 0) is 33.8 Å². The summed E-state index contributed by atoms with van der Waals surface area (Å²) < 4.78 is 26.7. The molecule has 1 aromatic rings. The molecular formula is C11H16BrClN2O2S. The molecule has 1 N–H and O–H groups in total. The molecule has 1 aromatic heterocycles. The summed E-state index contributed by atoms with van der Waals surface area (Å²) in [5, 5.41) is 0.299. The normalized spacial score (nSPS) is 12.5. The van der Waals surface area contributed by atoms with Gasteiger partial charge in [-0.1, -0.05) is 32.4 Å². The molecule has 0 bridgehead atoms. The lowest BCUT2D eigenvalue weighted by Gasteiger charge is -2.18. The van der Waals surface area contributed by atoms with Crippen molar-refractivity contribution in [1.82, 2.24) is 4.98 Å². The van der Waals surface area contributed by atoms with Crippen LogP contribution in [0.3, 0.4) is 0 Å². The number of sulfonamides is 1. The summed E-state index contributed by atoms with van der Waals surface area (Å²) in [6.45, 7) is 6.01. The Bertz CT molecular complexity index is 526. The lowest BCUT2D eigenvalue weighted by atomic mass is 9.94. The van der Waals surface area contributed by atoms with Gasteiger partial charge in [0.1, 0.15) is 5.15 Å². The van der Waals surface area contributed by atoms with Gasteiger partial charge >= 0.3 is 0 Å². The quantitative estimate of drug-likeness (QED) is 0.838. The highest BCUT2D eigenvalue weighted by molar-refractivity contribution is 9.10. The monoisotopic (exact) mass is 354 g/mol. The highest BCUT2D eigenvalue weighted by Crippen LogP contribution is 2.24. The zero-order valence-electron chi connectivity index (χ0n) is 10.5. The first-order valence-electron chi connectivity index (χ1n) is 5.41. The second-order valence-corrected chi connectivity index (χ2v) is 8.28. The molecule has 0 spiro atoms. The summed E-state index contributed by atoms with van der Waals surface area (Å²) in [4.78, 5) is 3.86. The summed E-state index contributed by atoms with van der Waals surface area (Å²) in [7, 11) is -3.35. The number of rotatable bonds is 4. The molecule has 0 saturated heterocycles. The van der Waals surface area contributed by atoms with Crippen molar-refractivity contribution in [3.05, 3.63) is 21.9 Å². The standard InChI is InChI=1S/C11H16BrClN2O2S/c1-11(2,3)4-5-18(16,17)15-8-6-9(12)10(13)14-7-8/h6-7,15H,4-5H2,1-3H3. The maximum atomic E-state index is 11.9. The maximum absolute atomic E-state index is 11.9. The Morgan fingerprint density at radius 3 is 2.56 bits per heavy atom. The molecule has 0 atom stereocenters. The Morgan fingerprint density at radius 1 is 1.44 bits per heavy atom. The van der Waals surface area contributed by atoms with Crippen LogP contribution in [0.25, 0.3) is 0 Å². The third-order valence-electron chi connectivity index (χ3n) is 2.19. The van der Waals surface area contributed by atoms with E-state index >= 15 is 0 Å². The van der Waals surface area contributed by atoms with Crippen molar-refractivity contribution in [3.63, 3.8) is 0 Å². The number of halogens is 2. The van der Waals surface area contributed by atoms with Gasteiger partial charge in [-0.15, -0.1) is 0 Å². The van der Waals surface area contributed by atoms with E-state index in [9.17, 15) is 8.42 Å². The van der Waals surface area contributed by atoms with Gasteiger partial charge in [0.05, 0.1) is 22.1 Å². The fourth-order valence-corrected chi connectivity index (χ4v) is 3.05. The molecule has 0 radical (unpaired) electrons. The molecule has 1 heterocycles. The summed E-state index contributed by atoms with van der Waals surface area (Å²) in [5.74, 6) is 0.0801. The number of hydrogen-bond donors (Lipinski definition) is 1. The molecular weight excluding hydrogens is 340 g/mol. The van der Waals surface area contributed by atoms with Crippen LogP contribution >= 0.6 is 27.5 Å². The lowest BCUT2D eigenvalue weighted by Crippen LogP contribution is -2.21. The van der Waals surface area contributed by atoms with Gasteiger partial charge in [-0.25, -0.2) is 13.4 Å². The second-order valence-electron chi connectivity index (χ2n) is 5.23. The SMILES string of the molecule is CC(C)(C)CCS(=O)(=O)Nc1cnc(Cl)c(Br)c1. The predicted octanol–water partition coefficient (Wildman–Crippen LogP) is 3.68. The summed E-state index contributed by atoms with van der Waals surface area (Å²) in [6.07, 6.45) is 1.98. The Hall–Kier alpha value is -0.330. The number of anilines is 1. The number of hydrogen-bond acceptors (Lipinski definition) is 3. The van der Waals surface area contributed by atoms with Crippen LogP contribution in [-0.2, 0) is 10.0 Å². The molecule has 18 heavy (non-hydrogen) atoms. The Kier molecular flexibility index (Phi) is 5.03. The van der Waals surface area contributed by atoms with E-state index < -0.39 is 10.0 Å². The van der Waals surface area contributed by atoms with E-state index in [1.807, 2.05) is 20.8 Å². The topological polar surface area (TPSA) is 59.1 Å². The number of pyridine rings is 1. The predicted molar refractivity (Wildman–Crippen MR) is 78.4 cm³/mol. The van der Waals surface area contributed by atoms with Gasteiger partial charge in [-0.2, -0.15) is 0 Å². The van der Waals surface area contributed by atoms with E-state index in [4.69, 9.17) is 11.6 Å².